The van der Waals surface area contributed by atoms with Crippen LogP contribution in [-0.2, 0) is 4.79 Å². The van der Waals surface area contributed by atoms with Crippen LogP contribution in [0.2, 0.25) is 0 Å². The minimum Gasteiger partial charge on any atom is -0.497 e. The summed E-state index contributed by atoms with van der Waals surface area (Å²) in [4.78, 5) is 23.3. The first-order valence-electron chi connectivity index (χ1n) is 5.18. The number of nitrogens with one attached hydrogen (secondary N) is 1. The first-order chi connectivity index (χ1) is 7.72. The zero-order chi connectivity index (χ0) is 11.5. The number of methoxy groups -OCH3 is 1. The molecule has 84 valence electrons. The predicted molar refractivity (Wildman–Crippen MR) is 58.4 cm³/mol. The number of carbonyl (C=O) groups is 2. The maximum atomic E-state index is 12.0. The standard InChI is InChI=1S/C12H13NO3/c1-16-9-4-2-8(3-5-9)11(14)10-6-7-13-12(10)15/h2-5,10H,6-7H2,1H3,(H,13,15). The minimum atomic E-state index is -0.520. The van der Waals surface area contributed by atoms with E-state index < -0.39 is 5.92 Å². The van der Waals surface area contributed by atoms with Crippen molar-refractivity contribution in [2.75, 3.05) is 13.7 Å². The molecule has 1 aromatic rings. The second kappa shape index (κ2) is 4.35. The first kappa shape index (κ1) is 10.7. The highest BCUT2D eigenvalue weighted by atomic mass is 16.5. The van der Waals surface area contributed by atoms with Crippen molar-refractivity contribution in [1.82, 2.24) is 5.32 Å². The van der Waals surface area contributed by atoms with Crippen LogP contribution in [0.15, 0.2) is 24.3 Å². The fourth-order valence-corrected chi connectivity index (χ4v) is 1.80. The highest BCUT2D eigenvalue weighted by Crippen LogP contribution is 2.18. The van der Waals surface area contributed by atoms with Crippen LogP contribution >= 0.6 is 0 Å². The molecular formula is C12H13NO3. The van der Waals surface area contributed by atoms with Crippen molar-refractivity contribution in [3.05, 3.63) is 29.8 Å². The molecule has 1 unspecified atom stereocenters. The van der Waals surface area contributed by atoms with Gasteiger partial charge in [-0.2, -0.15) is 0 Å². The van der Waals surface area contributed by atoms with Crippen LogP contribution in [0.1, 0.15) is 16.8 Å². The summed E-state index contributed by atoms with van der Waals surface area (Å²) < 4.78 is 5.00. The van der Waals surface area contributed by atoms with Gasteiger partial charge in [0.15, 0.2) is 5.78 Å². The lowest BCUT2D eigenvalue weighted by molar-refractivity contribution is -0.121. The lowest BCUT2D eigenvalue weighted by Gasteiger charge is -2.06. The number of ketones is 1. The van der Waals surface area contributed by atoms with Crippen LogP contribution in [0.3, 0.4) is 0 Å². The molecule has 1 N–H and O–H groups in total. The largest absolute Gasteiger partial charge is 0.497 e. The molecule has 2 rings (SSSR count). The maximum Gasteiger partial charge on any atom is 0.231 e. The van der Waals surface area contributed by atoms with E-state index in [9.17, 15) is 9.59 Å². The van der Waals surface area contributed by atoms with E-state index in [1.807, 2.05) is 0 Å². The molecular weight excluding hydrogens is 206 g/mol. The van der Waals surface area contributed by atoms with Crippen LogP contribution in [0.25, 0.3) is 0 Å². The number of benzene rings is 1. The number of ether oxygens (including phenoxy) is 1. The number of amides is 1. The van der Waals surface area contributed by atoms with E-state index in [2.05, 4.69) is 5.32 Å². The number of rotatable bonds is 3. The third-order valence-corrected chi connectivity index (χ3v) is 2.74. The van der Waals surface area contributed by atoms with Gasteiger partial charge in [-0.25, -0.2) is 0 Å². The van der Waals surface area contributed by atoms with Gasteiger partial charge >= 0.3 is 0 Å². The Kier molecular flexibility index (Phi) is 2.90. The Balaban J connectivity index is 2.17. The molecule has 0 aliphatic carbocycles. The molecule has 1 atom stereocenters. The predicted octanol–water partition coefficient (Wildman–Crippen LogP) is 1.01. The highest BCUT2D eigenvalue weighted by Gasteiger charge is 2.31. The molecule has 0 bridgehead atoms. The van der Waals surface area contributed by atoms with E-state index in [1.165, 1.54) is 0 Å². The normalized spacial score (nSPS) is 19.3. The summed E-state index contributed by atoms with van der Waals surface area (Å²) in [7, 11) is 1.57. The Morgan fingerprint density at radius 2 is 2.06 bits per heavy atom. The lowest BCUT2D eigenvalue weighted by Crippen LogP contribution is -2.25. The molecule has 0 saturated carbocycles. The van der Waals surface area contributed by atoms with Gasteiger partial charge in [0.1, 0.15) is 11.7 Å². The van der Waals surface area contributed by atoms with Crippen molar-refractivity contribution >= 4 is 11.7 Å². The summed E-state index contributed by atoms with van der Waals surface area (Å²) in [5.74, 6) is -0.0979. The molecule has 0 spiro atoms. The Bertz CT molecular complexity index is 411. The number of carbonyl (C=O) groups excluding carboxylic acids is 2. The SMILES string of the molecule is COc1ccc(C(=O)C2CCNC2=O)cc1. The molecule has 1 heterocycles. The van der Waals surface area contributed by atoms with Crippen LogP contribution in [0.5, 0.6) is 5.75 Å². The zero-order valence-electron chi connectivity index (χ0n) is 9.03. The van der Waals surface area contributed by atoms with Gasteiger partial charge in [0.05, 0.1) is 7.11 Å². The van der Waals surface area contributed by atoms with E-state index in [0.717, 1.165) is 0 Å². The summed E-state index contributed by atoms with van der Waals surface area (Å²) in [5, 5.41) is 2.66. The Hall–Kier alpha value is -1.84. The van der Waals surface area contributed by atoms with Gasteiger partial charge in [0.25, 0.3) is 0 Å². The number of hydrogen-bond donors (Lipinski definition) is 1. The summed E-state index contributed by atoms with van der Waals surface area (Å²) >= 11 is 0. The average Bonchev–Trinajstić information content (AvgIpc) is 2.75. The van der Waals surface area contributed by atoms with Gasteiger partial charge in [0.2, 0.25) is 5.91 Å². The smallest absolute Gasteiger partial charge is 0.231 e. The molecule has 4 nitrogen and oxygen atoms in total. The average molecular weight is 219 g/mol. The van der Waals surface area contributed by atoms with Crippen molar-refractivity contribution < 1.29 is 14.3 Å². The highest BCUT2D eigenvalue weighted by molar-refractivity contribution is 6.10. The molecule has 1 saturated heterocycles. The van der Waals surface area contributed by atoms with Crippen molar-refractivity contribution in [1.29, 1.82) is 0 Å². The van der Waals surface area contributed by atoms with E-state index in [1.54, 1.807) is 31.4 Å². The second-order valence-corrected chi connectivity index (χ2v) is 3.73. The van der Waals surface area contributed by atoms with Crippen LogP contribution < -0.4 is 10.1 Å². The minimum absolute atomic E-state index is 0.113. The number of hydrogen-bond acceptors (Lipinski definition) is 3. The molecule has 16 heavy (non-hydrogen) atoms. The molecule has 1 aliphatic rings. The molecule has 1 aromatic carbocycles. The van der Waals surface area contributed by atoms with E-state index >= 15 is 0 Å². The van der Waals surface area contributed by atoms with Crippen molar-refractivity contribution in [3.63, 3.8) is 0 Å². The maximum absolute atomic E-state index is 12.0. The number of Topliss-reactive ketones (excluding diaryl/α,β-unsaturated/α-hetero) is 1. The Morgan fingerprint density at radius 1 is 1.38 bits per heavy atom. The fraction of sp³-hybridized carbons (Fsp3) is 0.333. The van der Waals surface area contributed by atoms with Crippen LogP contribution in [0.4, 0.5) is 0 Å². The van der Waals surface area contributed by atoms with Gasteiger partial charge in [0, 0.05) is 12.1 Å². The summed E-state index contributed by atoms with van der Waals surface area (Å²) in [6.07, 6.45) is 0.587. The molecule has 4 heteroatoms. The van der Waals surface area contributed by atoms with E-state index in [0.29, 0.717) is 24.3 Å². The van der Waals surface area contributed by atoms with E-state index in [4.69, 9.17) is 4.74 Å². The fourth-order valence-electron chi connectivity index (χ4n) is 1.80. The van der Waals surface area contributed by atoms with Gasteiger partial charge < -0.3 is 10.1 Å². The quantitative estimate of drug-likeness (QED) is 0.610. The first-order valence-corrected chi connectivity index (χ1v) is 5.18. The molecule has 1 aliphatic heterocycles. The monoisotopic (exact) mass is 219 g/mol. The molecule has 0 radical (unpaired) electrons. The van der Waals surface area contributed by atoms with Gasteiger partial charge in [-0.3, -0.25) is 9.59 Å². The van der Waals surface area contributed by atoms with Gasteiger partial charge in [-0.1, -0.05) is 0 Å². The Labute approximate surface area is 93.6 Å². The van der Waals surface area contributed by atoms with Gasteiger partial charge in [-0.05, 0) is 30.7 Å². The van der Waals surface area contributed by atoms with Crippen LogP contribution in [-0.4, -0.2) is 25.3 Å². The third kappa shape index (κ3) is 1.91. The Morgan fingerprint density at radius 3 is 2.56 bits per heavy atom. The second-order valence-electron chi connectivity index (χ2n) is 3.73. The molecule has 0 aromatic heterocycles. The zero-order valence-corrected chi connectivity index (χ0v) is 9.03. The van der Waals surface area contributed by atoms with Gasteiger partial charge in [-0.15, -0.1) is 0 Å². The van der Waals surface area contributed by atoms with E-state index in [-0.39, 0.29) is 11.7 Å². The van der Waals surface area contributed by atoms with Crippen molar-refractivity contribution in [2.24, 2.45) is 5.92 Å². The summed E-state index contributed by atoms with van der Waals surface area (Å²) in [6.45, 7) is 0.589. The lowest BCUT2D eigenvalue weighted by atomic mass is 9.96. The topological polar surface area (TPSA) is 55.4 Å². The molecule has 1 amide bonds. The molecule has 1 fully saturated rings. The van der Waals surface area contributed by atoms with Crippen LogP contribution in [0, 0.1) is 5.92 Å². The summed E-state index contributed by atoms with van der Waals surface area (Å²) in [5.41, 5.74) is 0.558. The van der Waals surface area contributed by atoms with Crippen molar-refractivity contribution in [2.45, 2.75) is 6.42 Å². The third-order valence-electron chi connectivity index (χ3n) is 2.74. The van der Waals surface area contributed by atoms with Crippen molar-refractivity contribution in [3.8, 4) is 5.75 Å². The summed E-state index contributed by atoms with van der Waals surface area (Å²) in [6, 6.07) is 6.82.